The van der Waals surface area contributed by atoms with Crippen LogP contribution in [0.5, 0.6) is 5.88 Å². The van der Waals surface area contributed by atoms with E-state index in [1.165, 1.54) is 13.3 Å². The van der Waals surface area contributed by atoms with Gasteiger partial charge >= 0.3 is 5.97 Å². The normalized spacial score (nSPS) is 10.4. The first-order valence-electron chi connectivity index (χ1n) is 5.33. The second-order valence-corrected chi connectivity index (χ2v) is 4.22. The minimum absolute atomic E-state index is 0.314. The van der Waals surface area contributed by atoms with Gasteiger partial charge in [0.1, 0.15) is 5.52 Å². The molecule has 0 spiro atoms. The number of pyridine rings is 2. The smallest absolute Gasteiger partial charge is 0.340 e. The Morgan fingerprint density at radius 3 is 2.89 bits per heavy atom. The van der Waals surface area contributed by atoms with E-state index in [4.69, 9.17) is 9.47 Å². The zero-order chi connectivity index (χ0) is 13.1. The molecule has 0 atom stereocenters. The first-order valence-corrected chi connectivity index (χ1v) is 6.13. The van der Waals surface area contributed by atoms with E-state index in [2.05, 4.69) is 25.9 Å². The molecule has 5 nitrogen and oxygen atoms in total. The van der Waals surface area contributed by atoms with Crippen molar-refractivity contribution < 1.29 is 14.3 Å². The third kappa shape index (κ3) is 2.28. The minimum Gasteiger partial charge on any atom is -0.481 e. The number of hydrogen-bond acceptors (Lipinski definition) is 5. The molecule has 2 rings (SSSR count). The molecule has 0 saturated carbocycles. The van der Waals surface area contributed by atoms with Crippen LogP contribution in [-0.4, -0.2) is 29.7 Å². The van der Waals surface area contributed by atoms with Crippen LogP contribution in [0.4, 0.5) is 0 Å². The van der Waals surface area contributed by atoms with Gasteiger partial charge in [-0.15, -0.1) is 0 Å². The number of esters is 1. The maximum Gasteiger partial charge on any atom is 0.340 e. The molecule has 2 aromatic rings. The first kappa shape index (κ1) is 12.8. The molecule has 0 bridgehead atoms. The Bertz CT molecular complexity index is 601. The summed E-state index contributed by atoms with van der Waals surface area (Å²) in [4.78, 5) is 20.1. The van der Waals surface area contributed by atoms with E-state index in [9.17, 15) is 4.79 Å². The van der Waals surface area contributed by atoms with Gasteiger partial charge in [0.05, 0.1) is 29.3 Å². The number of methoxy groups -OCH3 is 1. The number of aromatic nitrogens is 2. The van der Waals surface area contributed by atoms with Gasteiger partial charge in [-0.3, -0.25) is 4.98 Å². The summed E-state index contributed by atoms with van der Waals surface area (Å²) in [6.07, 6.45) is 1.47. The lowest BCUT2D eigenvalue weighted by Gasteiger charge is -2.07. The maximum absolute atomic E-state index is 11.7. The predicted molar refractivity (Wildman–Crippen MR) is 69.7 cm³/mol. The van der Waals surface area contributed by atoms with Crippen molar-refractivity contribution in [2.24, 2.45) is 0 Å². The van der Waals surface area contributed by atoms with E-state index in [0.717, 1.165) is 0 Å². The van der Waals surface area contributed by atoms with Crippen molar-refractivity contribution in [3.8, 4) is 5.88 Å². The lowest BCUT2D eigenvalue weighted by atomic mass is 10.2. The Kier molecular flexibility index (Phi) is 3.76. The molecule has 0 aliphatic rings. The molecule has 94 valence electrons. The van der Waals surface area contributed by atoms with E-state index in [0.29, 0.717) is 33.6 Å². The summed E-state index contributed by atoms with van der Waals surface area (Å²) in [5, 5.41) is 0. The fraction of sp³-hybridized carbons (Fsp3) is 0.250. The third-order valence-corrected chi connectivity index (χ3v) is 3.13. The number of rotatable bonds is 3. The van der Waals surface area contributed by atoms with Crippen molar-refractivity contribution in [1.82, 2.24) is 9.97 Å². The molecule has 6 heteroatoms. The van der Waals surface area contributed by atoms with E-state index in [-0.39, 0.29) is 0 Å². The van der Waals surface area contributed by atoms with Gasteiger partial charge in [-0.25, -0.2) is 9.78 Å². The molecule has 0 N–H and O–H groups in total. The zero-order valence-corrected chi connectivity index (χ0v) is 11.5. The van der Waals surface area contributed by atoms with E-state index >= 15 is 0 Å². The number of fused-ring (bicyclic) bond motifs is 1. The van der Waals surface area contributed by atoms with Gasteiger partial charge in [0.2, 0.25) is 5.88 Å². The average molecular weight is 311 g/mol. The van der Waals surface area contributed by atoms with Crippen molar-refractivity contribution in [1.29, 1.82) is 0 Å². The van der Waals surface area contributed by atoms with Crippen molar-refractivity contribution in [3.05, 3.63) is 28.4 Å². The van der Waals surface area contributed by atoms with Crippen LogP contribution in [0.2, 0.25) is 0 Å². The summed E-state index contributed by atoms with van der Waals surface area (Å²) in [5.74, 6) is 0.0365. The molecule has 0 aromatic carbocycles. The van der Waals surface area contributed by atoms with E-state index in [1.54, 1.807) is 19.1 Å². The number of halogens is 1. The van der Waals surface area contributed by atoms with Crippen LogP contribution in [0.1, 0.15) is 17.3 Å². The summed E-state index contributed by atoms with van der Waals surface area (Å²) >= 11 is 3.36. The second kappa shape index (κ2) is 5.30. The number of ether oxygens (including phenoxy) is 2. The minimum atomic E-state index is -0.427. The van der Waals surface area contributed by atoms with Gasteiger partial charge in [0.25, 0.3) is 0 Å². The molecule has 2 aromatic heterocycles. The van der Waals surface area contributed by atoms with Crippen LogP contribution in [0, 0.1) is 0 Å². The molecular weight excluding hydrogens is 300 g/mol. The lowest BCUT2D eigenvalue weighted by Crippen LogP contribution is -2.07. The molecule has 0 amide bonds. The first-order chi connectivity index (χ1) is 8.67. The Hall–Kier alpha value is -1.69. The highest BCUT2D eigenvalue weighted by molar-refractivity contribution is 9.10. The highest BCUT2D eigenvalue weighted by Crippen LogP contribution is 2.26. The molecule has 0 radical (unpaired) electrons. The van der Waals surface area contributed by atoms with E-state index < -0.39 is 5.97 Å². The van der Waals surface area contributed by atoms with Crippen molar-refractivity contribution in [2.75, 3.05) is 13.7 Å². The van der Waals surface area contributed by atoms with Crippen LogP contribution < -0.4 is 4.74 Å². The summed E-state index contributed by atoms with van der Waals surface area (Å²) in [7, 11) is 1.53. The van der Waals surface area contributed by atoms with Gasteiger partial charge in [-0.05, 0) is 28.9 Å². The summed E-state index contributed by atoms with van der Waals surface area (Å²) < 4.78 is 10.6. The van der Waals surface area contributed by atoms with Crippen molar-refractivity contribution >= 4 is 32.9 Å². The third-order valence-electron chi connectivity index (χ3n) is 2.33. The molecular formula is C12H11BrN2O3. The van der Waals surface area contributed by atoms with Crippen LogP contribution in [0.15, 0.2) is 22.8 Å². The van der Waals surface area contributed by atoms with Crippen molar-refractivity contribution in [2.45, 2.75) is 6.92 Å². The molecule has 2 heterocycles. The van der Waals surface area contributed by atoms with Gasteiger partial charge in [0, 0.05) is 12.3 Å². The van der Waals surface area contributed by atoms with Crippen LogP contribution in [-0.2, 0) is 4.74 Å². The number of carbonyl (C=O) groups excluding carboxylic acids is 1. The molecule has 0 saturated heterocycles. The summed E-state index contributed by atoms with van der Waals surface area (Å²) in [5.41, 5.74) is 1.60. The second-order valence-electron chi connectivity index (χ2n) is 3.43. The van der Waals surface area contributed by atoms with Crippen LogP contribution in [0.25, 0.3) is 11.0 Å². The highest BCUT2D eigenvalue weighted by atomic mass is 79.9. The monoisotopic (exact) mass is 310 g/mol. The summed E-state index contributed by atoms with van der Waals surface area (Å²) in [6, 6.07) is 3.49. The Morgan fingerprint density at radius 1 is 1.44 bits per heavy atom. The van der Waals surface area contributed by atoms with E-state index in [1.807, 2.05) is 0 Å². The zero-order valence-electron chi connectivity index (χ0n) is 9.94. The molecule has 18 heavy (non-hydrogen) atoms. The van der Waals surface area contributed by atoms with Gasteiger partial charge in [-0.1, -0.05) is 0 Å². The van der Waals surface area contributed by atoms with Crippen LogP contribution >= 0.6 is 15.9 Å². The molecule has 0 aliphatic carbocycles. The number of hydrogen-bond donors (Lipinski definition) is 0. The topological polar surface area (TPSA) is 61.3 Å². The van der Waals surface area contributed by atoms with Crippen molar-refractivity contribution in [3.63, 3.8) is 0 Å². The summed E-state index contributed by atoms with van der Waals surface area (Å²) in [6.45, 7) is 2.07. The van der Waals surface area contributed by atoms with Gasteiger partial charge < -0.3 is 9.47 Å². The average Bonchev–Trinajstić information content (AvgIpc) is 2.39. The lowest BCUT2D eigenvalue weighted by molar-refractivity contribution is 0.0525. The predicted octanol–water partition coefficient (Wildman–Crippen LogP) is 2.58. The fourth-order valence-electron chi connectivity index (χ4n) is 1.48. The SMILES string of the molecule is CCOC(=O)c1cnc2ccc(OC)nc2c1Br. The standard InChI is InChI=1S/C12H11BrN2O3/c1-3-18-12(16)7-6-14-8-4-5-9(17-2)15-11(8)10(7)13/h4-6H,3H2,1-2H3. The molecule has 0 unspecified atom stereocenters. The maximum atomic E-state index is 11.7. The van der Waals surface area contributed by atoms with Gasteiger partial charge in [0.15, 0.2) is 0 Å². The van der Waals surface area contributed by atoms with Crippen LogP contribution in [0.3, 0.4) is 0 Å². The highest BCUT2D eigenvalue weighted by Gasteiger charge is 2.15. The number of nitrogens with zero attached hydrogens (tertiary/aromatic N) is 2. The Labute approximate surface area is 112 Å². The fourth-order valence-corrected chi connectivity index (χ4v) is 2.04. The molecule has 0 aliphatic heterocycles. The molecule has 0 fully saturated rings. The quantitative estimate of drug-likeness (QED) is 0.815. The van der Waals surface area contributed by atoms with Gasteiger partial charge in [-0.2, -0.15) is 0 Å². The Balaban J connectivity index is 2.58. The number of carbonyl (C=O) groups is 1. The Morgan fingerprint density at radius 2 is 2.22 bits per heavy atom. The largest absolute Gasteiger partial charge is 0.481 e.